The van der Waals surface area contributed by atoms with E-state index in [-0.39, 0.29) is 44.0 Å². The van der Waals surface area contributed by atoms with Crippen LogP contribution in [0, 0.1) is 0 Å². The monoisotopic (exact) mass is 985 g/mol. The number of unbranched alkanes of at least 4 members (excludes halogenated alkanes) is 23. The molecule has 0 spiro atoms. The van der Waals surface area contributed by atoms with Gasteiger partial charge in [0.15, 0.2) is 6.10 Å². The smallest absolute Gasteiger partial charge is 0.306 e. The van der Waals surface area contributed by atoms with Crippen molar-refractivity contribution in [2.45, 2.75) is 271 Å². The minimum Gasteiger partial charge on any atom is -0.462 e. The minimum absolute atomic E-state index is 0.130. The second-order valence-corrected chi connectivity index (χ2v) is 19.2. The third-order valence-corrected chi connectivity index (χ3v) is 12.2. The molecule has 0 aromatic heterocycles. The number of carbonyl (C=O) groups excluding carboxylic acids is 3. The van der Waals surface area contributed by atoms with E-state index in [2.05, 4.69) is 124 Å². The largest absolute Gasteiger partial charge is 0.462 e. The highest BCUT2D eigenvalue weighted by atomic mass is 16.6. The quantitative estimate of drug-likeness (QED) is 0.0261. The number of rotatable bonds is 52. The summed E-state index contributed by atoms with van der Waals surface area (Å²) in [5.41, 5.74) is 0. The SMILES string of the molecule is CCCCC/C=C\C/C=C\C/C=C\C/C=C\C/C=C\CCC(=O)OC[C@H](COC(=O)CCC/C=C\C/C=C\C/C=C\CCCCCCCC)OC(=O)CCCCCCCCC/C=C\CCCCCCCC. The van der Waals surface area contributed by atoms with Gasteiger partial charge in [-0.3, -0.25) is 14.4 Å². The van der Waals surface area contributed by atoms with Crippen LogP contribution in [0.3, 0.4) is 0 Å². The lowest BCUT2D eigenvalue weighted by atomic mass is 10.1. The lowest BCUT2D eigenvalue weighted by molar-refractivity contribution is -0.166. The van der Waals surface area contributed by atoms with Crippen LogP contribution in [0.1, 0.15) is 265 Å². The molecule has 404 valence electrons. The van der Waals surface area contributed by atoms with Gasteiger partial charge in [0, 0.05) is 19.3 Å². The van der Waals surface area contributed by atoms with E-state index in [1.165, 1.54) is 148 Å². The maximum atomic E-state index is 12.9. The van der Waals surface area contributed by atoms with Gasteiger partial charge in [0.2, 0.25) is 0 Å². The zero-order valence-electron chi connectivity index (χ0n) is 46.2. The van der Waals surface area contributed by atoms with Gasteiger partial charge in [-0.1, -0.05) is 239 Å². The first-order valence-electron chi connectivity index (χ1n) is 29.4. The van der Waals surface area contributed by atoms with Crippen molar-refractivity contribution in [1.82, 2.24) is 0 Å². The van der Waals surface area contributed by atoms with Crippen molar-refractivity contribution in [1.29, 1.82) is 0 Å². The average molecular weight is 986 g/mol. The highest BCUT2D eigenvalue weighted by Crippen LogP contribution is 2.14. The molecule has 0 aliphatic carbocycles. The van der Waals surface area contributed by atoms with Crippen LogP contribution in [0.2, 0.25) is 0 Å². The summed E-state index contributed by atoms with van der Waals surface area (Å²) in [6.07, 6.45) is 79.5. The van der Waals surface area contributed by atoms with E-state index in [1.807, 2.05) is 6.08 Å². The summed E-state index contributed by atoms with van der Waals surface area (Å²) in [5.74, 6) is -1.06. The van der Waals surface area contributed by atoms with E-state index in [1.54, 1.807) is 0 Å². The summed E-state index contributed by atoms with van der Waals surface area (Å²) < 4.78 is 16.8. The summed E-state index contributed by atoms with van der Waals surface area (Å²) in [6.45, 7) is 6.49. The number of hydrogen-bond donors (Lipinski definition) is 0. The average Bonchev–Trinajstić information content (AvgIpc) is 3.37. The topological polar surface area (TPSA) is 78.9 Å². The maximum absolute atomic E-state index is 12.9. The van der Waals surface area contributed by atoms with Crippen molar-refractivity contribution < 1.29 is 28.6 Å². The Morgan fingerprint density at radius 2 is 0.549 bits per heavy atom. The zero-order chi connectivity index (χ0) is 51.4. The van der Waals surface area contributed by atoms with Gasteiger partial charge in [-0.15, -0.1) is 0 Å². The van der Waals surface area contributed by atoms with E-state index in [0.717, 1.165) is 64.2 Å². The predicted octanol–water partition coefficient (Wildman–Crippen LogP) is 19.9. The van der Waals surface area contributed by atoms with Gasteiger partial charge in [-0.2, -0.15) is 0 Å². The molecule has 0 aliphatic heterocycles. The highest BCUT2D eigenvalue weighted by Gasteiger charge is 2.19. The fraction of sp³-hybridized carbons (Fsp3) is 0.677. The lowest BCUT2D eigenvalue weighted by Gasteiger charge is -2.18. The predicted molar refractivity (Wildman–Crippen MR) is 307 cm³/mol. The molecule has 0 rings (SSSR count). The number of esters is 3. The number of carbonyl (C=O) groups is 3. The van der Waals surface area contributed by atoms with Gasteiger partial charge in [-0.25, -0.2) is 0 Å². The van der Waals surface area contributed by atoms with Crippen LogP contribution >= 0.6 is 0 Å². The van der Waals surface area contributed by atoms with Crippen molar-refractivity contribution in [2.24, 2.45) is 0 Å². The Hall–Kier alpha value is -3.93. The Kier molecular flexibility index (Phi) is 55.4. The first kappa shape index (κ1) is 67.1. The van der Waals surface area contributed by atoms with Gasteiger partial charge in [0.1, 0.15) is 13.2 Å². The molecule has 0 N–H and O–H groups in total. The number of hydrogen-bond acceptors (Lipinski definition) is 6. The van der Waals surface area contributed by atoms with E-state index in [4.69, 9.17) is 14.2 Å². The molecule has 0 amide bonds. The fourth-order valence-corrected chi connectivity index (χ4v) is 7.79. The molecular formula is C65H108O6. The Morgan fingerprint density at radius 3 is 0.958 bits per heavy atom. The van der Waals surface area contributed by atoms with Crippen LogP contribution < -0.4 is 0 Å². The van der Waals surface area contributed by atoms with Crippen LogP contribution in [-0.4, -0.2) is 37.2 Å². The van der Waals surface area contributed by atoms with Crippen molar-refractivity contribution >= 4 is 17.9 Å². The number of ether oxygens (including phenoxy) is 3. The van der Waals surface area contributed by atoms with Crippen LogP contribution in [0.4, 0.5) is 0 Å². The Balaban J connectivity index is 4.58. The second-order valence-electron chi connectivity index (χ2n) is 19.2. The maximum Gasteiger partial charge on any atom is 0.306 e. The Labute approximate surface area is 438 Å². The fourth-order valence-electron chi connectivity index (χ4n) is 7.79. The van der Waals surface area contributed by atoms with Crippen LogP contribution in [0.5, 0.6) is 0 Å². The van der Waals surface area contributed by atoms with Crippen molar-refractivity contribution in [3.63, 3.8) is 0 Å². The molecule has 0 aromatic carbocycles. The molecule has 6 nitrogen and oxygen atoms in total. The molecule has 0 unspecified atom stereocenters. The highest BCUT2D eigenvalue weighted by molar-refractivity contribution is 5.71. The summed E-state index contributed by atoms with van der Waals surface area (Å²) in [5, 5.41) is 0. The standard InChI is InChI=1S/C65H108O6/c1-4-7-10-13-16-19-22-25-28-31-32-35-37-40-43-46-49-52-55-58-64(67)70-61-62(71-65(68)59-56-53-50-47-44-41-38-34-30-27-24-21-18-15-12-9-6-3)60-69-63(66)57-54-51-48-45-42-39-36-33-29-26-23-20-17-14-11-8-5-2/h16,19,25-30,32,35-36,39-40,43,45,48-49,52,62H,4-15,17-18,20-24,31,33-34,37-38,41-42,44,46-47,50-51,53-61H2,1-3H3/b19-16-,28-25-,29-26-,30-27-,35-32-,39-36-,43-40-,48-45-,52-49-/t62-/m0/s1. The lowest BCUT2D eigenvalue weighted by Crippen LogP contribution is -2.30. The number of allylic oxidation sites excluding steroid dienone is 18. The summed E-state index contributed by atoms with van der Waals surface area (Å²) in [6, 6.07) is 0. The van der Waals surface area contributed by atoms with Crippen LogP contribution in [-0.2, 0) is 28.6 Å². The molecule has 71 heavy (non-hydrogen) atoms. The van der Waals surface area contributed by atoms with E-state index in [9.17, 15) is 14.4 Å². The van der Waals surface area contributed by atoms with Crippen molar-refractivity contribution in [2.75, 3.05) is 13.2 Å². The van der Waals surface area contributed by atoms with E-state index in [0.29, 0.717) is 19.3 Å². The molecule has 0 radical (unpaired) electrons. The third-order valence-electron chi connectivity index (χ3n) is 12.2. The van der Waals surface area contributed by atoms with Gasteiger partial charge in [-0.05, 0) is 116 Å². The molecule has 0 bridgehead atoms. The summed E-state index contributed by atoms with van der Waals surface area (Å²) in [4.78, 5) is 38.1. The zero-order valence-corrected chi connectivity index (χ0v) is 46.2. The summed E-state index contributed by atoms with van der Waals surface area (Å²) >= 11 is 0. The second kappa shape index (κ2) is 58.6. The summed E-state index contributed by atoms with van der Waals surface area (Å²) in [7, 11) is 0. The van der Waals surface area contributed by atoms with E-state index >= 15 is 0 Å². The van der Waals surface area contributed by atoms with Gasteiger partial charge >= 0.3 is 17.9 Å². The molecule has 1 atom stereocenters. The molecule has 0 aliphatic rings. The first-order valence-corrected chi connectivity index (χ1v) is 29.4. The van der Waals surface area contributed by atoms with Crippen molar-refractivity contribution in [3.8, 4) is 0 Å². The van der Waals surface area contributed by atoms with Gasteiger partial charge < -0.3 is 14.2 Å². The van der Waals surface area contributed by atoms with Crippen LogP contribution in [0.15, 0.2) is 109 Å². The molecule has 6 heteroatoms. The van der Waals surface area contributed by atoms with E-state index < -0.39 is 6.10 Å². The molecule has 0 aromatic rings. The minimum atomic E-state index is -0.833. The molecule has 0 saturated carbocycles. The first-order chi connectivity index (χ1) is 35.0. The molecular weight excluding hydrogens is 877 g/mol. The Bertz CT molecular complexity index is 1460. The van der Waals surface area contributed by atoms with Gasteiger partial charge in [0.25, 0.3) is 0 Å². The third kappa shape index (κ3) is 56.9. The molecule has 0 saturated heterocycles. The molecule has 0 heterocycles. The normalized spacial score (nSPS) is 12.9. The van der Waals surface area contributed by atoms with Crippen molar-refractivity contribution in [3.05, 3.63) is 109 Å². The molecule has 0 fully saturated rings. The van der Waals surface area contributed by atoms with Gasteiger partial charge in [0.05, 0.1) is 0 Å². The Morgan fingerprint density at radius 1 is 0.282 bits per heavy atom. The van der Waals surface area contributed by atoms with Crippen LogP contribution in [0.25, 0.3) is 0 Å².